The molecule has 0 heterocycles. The first-order valence-electron chi connectivity index (χ1n) is 11.6. The zero-order chi connectivity index (χ0) is 31.5. The number of alkyl halides is 13. The molecule has 0 amide bonds. The highest BCUT2D eigenvalue weighted by molar-refractivity contribution is 14.1. The van der Waals surface area contributed by atoms with Gasteiger partial charge in [0.25, 0.3) is 0 Å². The van der Waals surface area contributed by atoms with Gasteiger partial charge in [0.15, 0.2) is 0 Å². The molecule has 0 spiro atoms. The predicted octanol–water partition coefficient (Wildman–Crippen LogP) is 9.87. The van der Waals surface area contributed by atoms with E-state index >= 15 is 0 Å². The molecule has 0 bridgehead atoms. The first-order chi connectivity index (χ1) is 18.6. The van der Waals surface area contributed by atoms with Gasteiger partial charge in [-0.05, 0) is 70.8 Å². The van der Waals surface area contributed by atoms with Gasteiger partial charge in [-0.1, -0.05) is 36.4 Å². The topological polar surface area (TPSA) is 28.0 Å². The molecule has 0 aliphatic heterocycles. The Kier molecular flexibility index (Phi) is 10.6. The number of hydrogen-bond acceptors (Lipinski definition) is 2. The molecule has 3 nitrogen and oxygen atoms in total. The number of hydrogen-bond donors (Lipinski definition) is 0. The first kappa shape index (κ1) is 34.9. The van der Waals surface area contributed by atoms with Crippen LogP contribution < -0.4 is 0 Å². The van der Waals surface area contributed by atoms with E-state index < -0.39 is 48.6 Å². The van der Waals surface area contributed by atoms with E-state index in [0.29, 0.717) is 24.2 Å². The zero-order valence-electron chi connectivity index (χ0n) is 20.8. The lowest BCUT2D eigenvalue weighted by Gasteiger charge is -2.39. The average molecular weight is 725 g/mol. The molecule has 2 rings (SSSR count). The normalized spacial score (nSPS) is 14.1. The Hall–Kier alpha value is -2.34. The van der Waals surface area contributed by atoms with Gasteiger partial charge in [-0.15, -0.1) is 5.11 Å². The smallest absolute Gasteiger partial charge is 0.274 e. The molecule has 2 aromatic rings. The average Bonchev–Trinajstić information content (AvgIpc) is 2.87. The molecule has 230 valence electrons. The van der Waals surface area contributed by atoms with Crippen LogP contribution in [0.3, 0.4) is 0 Å². The summed E-state index contributed by atoms with van der Waals surface area (Å²) in [6, 6.07) is 12.0. The monoisotopic (exact) mass is 725 g/mol. The number of benzene rings is 2. The van der Waals surface area contributed by atoms with Crippen molar-refractivity contribution in [2.45, 2.75) is 68.5 Å². The van der Waals surface area contributed by atoms with Crippen LogP contribution in [0.2, 0.25) is 0 Å². The maximum absolute atomic E-state index is 14.1. The zero-order valence-corrected chi connectivity index (χ0v) is 22.9. The molecule has 17 heteroatoms. The van der Waals surface area contributed by atoms with Gasteiger partial charge in [0.1, 0.15) is 0 Å². The van der Waals surface area contributed by atoms with Gasteiger partial charge in [0, 0.05) is 16.5 Å². The maximum atomic E-state index is 14.1. The molecule has 0 unspecified atom stereocenters. The third-order valence-corrected chi connectivity index (χ3v) is 6.43. The van der Waals surface area contributed by atoms with Gasteiger partial charge in [0.2, 0.25) is 0 Å². The number of halogens is 14. The SMILES string of the molecule is CCCN(Cc1ccc(CCC(F)(F)C(F)(F)C(F)(F)C(F)(F)C(F)(F)C(F)(F)F)cc1)N=Nc1ccc(I)cc1. The molecule has 0 aliphatic rings. The predicted molar refractivity (Wildman–Crippen MR) is 130 cm³/mol. The number of nitrogens with zero attached hydrogens (tertiary/aromatic N) is 3. The second kappa shape index (κ2) is 12.5. The van der Waals surface area contributed by atoms with Crippen LogP contribution in [0.4, 0.5) is 62.8 Å². The Balaban J connectivity index is 2.14. The van der Waals surface area contributed by atoms with Crippen molar-refractivity contribution in [2.24, 2.45) is 10.3 Å². The van der Waals surface area contributed by atoms with Gasteiger partial charge in [0.05, 0.1) is 12.2 Å². The van der Waals surface area contributed by atoms with E-state index in [1.807, 2.05) is 19.1 Å². The molecular weight excluding hydrogens is 704 g/mol. The lowest BCUT2D eigenvalue weighted by molar-refractivity contribution is -0.440. The van der Waals surface area contributed by atoms with E-state index in [9.17, 15) is 57.1 Å². The van der Waals surface area contributed by atoms with E-state index in [0.717, 1.165) is 15.7 Å². The van der Waals surface area contributed by atoms with Crippen LogP contribution in [0, 0.1) is 3.57 Å². The highest BCUT2D eigenvalue weighted by atomic mass is 127. The van der Waals surface area contributed by atoms with Gasteiger partial charge < -0.3 is 0 Å². The van der Waals surface area contributed by atoms with Gasteiger partial charge in [-0.25, -0.2) is 0 Å². The van der Waals surface area contributed by atoms with Crippen molar-refractivity contribution in [1.29, 1.82) is 0 Å². The van der Waals surface area contributed by atoms with Crippen LogP contribution in [0.25, 0.3) is 0 Å². The third-order valence-electron chi connectivity index (χ3n) is 5.71. The lowest BCUT2D eigenvalue weighted by Crippen LogP contribution is -2.70. The van der Waals surface area contributed by atoms with Crippen LogP contribution in [-0.2, 0) is 13.0 Å². The molecule has 2 aromatic carbocycles. The minimum atomic E-state index is -7.90. The molecule has 0 atom stereocenters. The summed E-state index contributed by atoms with van der Waals surface area (Å²) in [5.74, 6) is -36.8. The molecule has 0 N–H and O–H groups in total. The third kappa shape index (κ3) is 7.36. The Labute approximate surface area is 238 Å². The summed E-state index contributed by atoms with van der Waals surface area (Å²) < 4.78 is 173. The fraction of sp³-hybridized carbons (Fsp3) is 0.500. The Bertz CT molecular complexity index is 1160. The first-order valence-corrected chi connectivity index (χ1v) is 12.6. The van der Waals surface area contributed by atoms with Crippen LogP contribution in [0.5, 0.6) is 0 Å². The van der Waals surface area contributed by atoms with E-state index in [-0.39, 0.29) is 12.1 Å². The highest BCUT2D eigenvalue weighted by Gasteiger charge is 2.90. The van der Waals surface area contributed by atoms with Crippen molar-refractivity contribution in [3.05, 3.63) is 63.2 Å². The van der Waals surface area contributed by atoms with Crippen molar-refractivity contribution < 1.29 is 57.1 Å². The van der Waals surface area contributed by atoms with Crippen LogP contribution in [0.1, 0.15) is 30.9 Å². The highest BCUT2D eigenvalue weighted by Crippen LogP contribution is 2.60. The van der Waals surface area contributed by atoms with Gasteiger partial charge in [-0.3, -0.25) is 5.01 Å². The second-order valence-corrected chi connectivity index (χ2v) is 10.1. The minimum Gasteiger partial charge on any atom is -0.274 e. The summed E-state index contributed by atoms with van der Waals surface area (Å²) >= 11 is 2.11. The summed E-state index contributed by atoms with van der Waals surface area (Å²) in [4.78, 5) is 0. The largest absolute Gasteiger partial charge is 0.460 e. The Morgan fingerprint density at radius 2 is 1.15 bits per heavy atom. The lowest BCUT2D eigenvalue weighted by atomic mass is 9.91. The van der Waals surface area contributed by atoms with E-state index in [2.05, 4.69) is 32.9 Å². The minimum absolute atomic E-state index is 0.158. The summed E-state index contributed by atoms with van der Waals surface area (Å²) in [7, 11) is 0. The quantitative estimate of drug-likeness (QED) is 0.0875. The summed E-state index contributed by atoms with van der Waals surface area (Å²) in [6.45, 7) is 2.46. The van der Waals surface area contributed by atoms with E-state index in [1.165, 1.54) is 12.1 Å². The maximum Gasteiger partial charge on any atom is 0.460 e. The molecule has 41 heavy (non-hydrogen) atoms. The molecule has 0 saturated heterocycles. The number of rotatable bonds is 13. The van der Waals surface area contributed by atoms with Crippen molar-refractivity contribution in [1.82, 2.24) is 5.01 Å². The van der Waals surface area contributed by atoms with Crippen LogP contribution >= 0.6 is 22.6 Å². The summed E-state index contributed by atoms with van der Waals surface area (Å²) in [5, 5.41) is 9.77. The van der Waals surface area contributed by atoms with Crippen LogP contribution in [-0.4, -0.2) is 47.3 Å². The van der Waals surface area contributed by atoms with Crippen molar-refractivity contribution >= 4 is 28.3 Å². The van der Waals surface area contributed by atoms with E-state index in [1.54, 1.807) is 17.1 Å². The summed E-state index contributed by atoms with van der Waals surface area (Å²) in [6.07, 6.45) is -10.2. The molecule has 0 aromatic heterocycles. The Morgan fingerprint density at radius 3 is 1.63 bits per heavy atom. The fourth-order valence-corrected chi connectivity index (χ4v) is 3.68. The molecule has 0 radical (unpaired) electrons. The molecule has 0 fully saturated rings. The second-order valence-electron chi connectivity index (χ2n) is 8.87. The molecule has 0 aliphatic carbocycles. The van der Waals surface area contributed by atoms with Crippen molar-refractivity contribution in [3.63, 3.8) is 0 Å². The number of aryl methyl sites for hydroxylation is 1. The van der Waals surface area contributed by atoms with Gasteiger partial charge in [-0.2, -0.15) is 57.1 Å². The summed E-state index contributed by atoms with van der Waals surface area (Å²) in [5.41, 5.74) is 0.925. The fourth-order valence-electron chi connectivity index (χ4n) is 3.32. The van der Waals surface area contributed by atoms with Crippen molar-refractivity contribution in [3.8, 4) is 0 Å². The molecule has 0 saturated carbocycles. The van der Waals surface area contributed by atoms with Crippen LogP contribution in [0.15, 0.2) is 58.9 Å². The van der Waals surface area contributed by atoms with Gasteiger partial charge >= 0.3 is 35.8 Å². The Morgan fingerprint density at radius 1 is 0.659 bits per heavy atom. The molecular formula is C24H21F13IN3. The van der Waals surface area contributed by atoms with Crippen molar-refractivity contribution in [2.75, 3.05) is 6.54 Å². The standard InChI is InChI=1S/C24H21F13IN3/c1-2-13-41(40-39-18-9-7-17(38)8-10-18)14-16-5-3-15(4-6-16)11-12-19(25,26)20(27,28)21(29,30)22(31,32)23(33,34)24(35,36)37/h3-10H,2,11-14H2,1H3. The van der Waals surface area contributed by atoms with E-state index in [4.69, 9.17) is 0 Å².